The first-order valence-electron chi connectivity index (χ1n) is 8.49. The fourth-order valence-corrected chi connectivity index (χ4v) is 3.18. The molecule has 1 aromatic rings. The molecule has 0 heterocycles. The minimum absolute atomic E-state index is 0.0522. The minimum Gasteiger partial charge on any atom is -0.450 e. The topological polar surface area (TPSA) is 119 Å². The molecule has 1 rings (SSSR count). The number of nitrogens with one attached hydrogen (secondary N) is 1. The molecule has 3 atom stereocenters. The molecule has 1 amide bonds. The van der Waals surface area contributed by atoms with Gasteiger partial charge in [-0.25, -0.2) is 17.6 Å². The van der Waals surface area contributed by atoms with Crippen molar-refractivity contribution in [3.8, 4) is 0 Å². The maximum Gasteiger partial charge on any atom is 0.506 e. The van der Waals surface area contributed by atoms with Crippen molar-refractivity contribution in [3.05, 3.63) is 29.8 Å². The van der Waals surface area contributed by atoms with Gasteiger partial charge in [0.1, 0.15) is 6.17 Å². The van der Waals surface area contributed by atoms with E-state index in [0.717, 1.165) is 6.26 Å². The molecule has 0 saturated heterocycles. The van der Waals surface area contributed by atoms with E-state index in [-0.39, 0.29) is 29.9 Å². The monoisotopic (exact) mass is 473 g/mol. The van der Waals surface area contributed by atoms with Gasteiger partial charge in [-0.15, -0.1) is 0 Å². The van der Waals surface area contributed by atoms with Gasteiger partial charge in [-0.3, -0.25) is 4.79 Å². The molecule has 0 aliphatic carbocycles. The average Bonchev–Trinajstić information content (AvgIpc) is 2.63. The Balaban J connectivity index is 2.88. The molecule has 8 nitrogen and oxygen atoms in total. The highest BCUT2D eigenvalue weighted by molar-refractivity contribution is 7.90. The van der Waals surface area contributed by atoms with Crippen molar-refractivity contribution in [3.63, 3.8) is 0 Å². The van der Waals surface area contributed by atoms with Gasteiger partial charge in [-0.05, 0) is 37.5 Å². The van der Waals surface area contributed by atoms with E-state index >= 15 is 0 Å². The van der Waals surface area contributed by atoms with Crippen LogP contribution in [0, 0.1) is 0 Å². The Labute approximate surface area is 178 Å². The van der Waals surface area contributed by atoms with Crippen LogP contribution in [-0.4, -0.2) is 55.6 Å². The Hall–Kier alpha value is -1.62. The highest BCUT2D eigenvalue weighted by Crippen LogP contribution is 2.26. The number of benzene rings is 1. The van der Waals surface area contributed by atoms with Crippen molar-refractivity contribution in [2.75, 3.05) is 12.9 Å². The van der Waals surface area contributed by atoms with E-state index in [1.807, 2.05) is 0 Å². The van der Waals surface area contributed by atoms with Gasteiger partial charge in [0.25, 0.3) is 5.91 Å². The van der Waals surface area contributed by atoms with E-state index in [0.29, 0.717) is 0 Å². The molecular weight excluding hydrogens is 452 g/mol. The molecule has 0 aromatic heterocycles. The number of rotatable bonds is 11. The first-order valence-corrected chi connectivity index (χ1v) is 11.3. The normalized spacial score (nSPS) is 14.8. The minimum atomic E-state index is -3.41. The number of sulfone groups is 1. The Morgan fingerprint density at radius 2 is 1.79 bits per heavy atom. The summed E-state index contributed by atoms with van der Waals surface area (Å²) in [4.78, 5) is 21.3. The third-order valence-electron chi connectivity index (χ3n) is 3.79. The summed E-state index contributed by atoms with van der Waals surface area (Å²) < 4.78 is 47.6. The van der Waals surface area contributed by atoms with Gasteiger partial charge in [-0.1, -0.05) is 35.3 Å². The van der Waals surface area contributed by atoms with Gasteiger partial charge >= 0.3 is 6.16 Å². The van der Waals surface area contributed by atoms with Crippen molar-refractivity contribution in [2.24, 2.45) is 0 Å². The summed E-state index contributed by atoms with van der Waals surface area (Å²) in [6, 6.07) is 5.24. The van der Waals surface area contributed by atoms with E-state index in [1.54, 1.807) is 6.92 Å². The number of carbonyl (C=O) groups is 2. The average molecular weight is 474 g/mol. The van der Waals surface area contributed by atoms with E-state index in [9.17, 15) is 22.4 Å². The second-order valence-corrected chi connectivity index (χ2v) is 9.11. The summed E-state index contributed by atoms with van der Waals surface area (Å²) in [5.74, 6) is -0.820. The Bertz CT molecular complexity index is 789. The standard InChI is InChI=1S/C17H22Cl2FNO7S/c1-3-27-16(21-15(22)14(18)19)13(28-17(23)24)9-8-12(20)10-4-6-11(7-5-10)29(2,25)26/h4-7,12-14,16H,3,8-9H2,1-2H3,(H,21,22)(H,23,24)/t12?,13-,16+/m1/s1. The fourth-order valence-electron chi connectivity index (χ4n) is 2.43. The number of carbonyl (C=O) groups excluding carboxylic acids is 1. The molecule has 12 heteroatoms. The van der Waals surface area contributed by atoms with E-state index in [4.69, 9.17) is 37.8 Å². The van der Waals surface area contributed by atoms with Gasteiger partial charge in [0.15, 0.2) is 27.0 Å². The van der Waals surface area contributed by atoms with Crippen molar-refractivity contribution in [1.82, 2.24) is 5.32 Å². The molecule has 2 N–H and O–H groups in total. The molecule has 0 bridgehead atoms. The van der Waals surface area contributed by atoms with Gasteiger partial charge in [0.05, 0.1) is 4.90 Å². The second kappa shape index (κ2) is 11.5. The predicted octanol–water partition coefficient (Wildman–Crippen LogP) is 3.23. The van der Waals surface area contributed by atoms with Crippen LogP contribution in [0.15, 0.2) is 29.2 Å². The Morgan fingerprint density at radius 3 is 2.24 bits per heavy atom. The lowest BCUT2D eigenvalue weighted by Crippen LogP contribution is -2.48. The first kappa shape index (κ1) is 25.4. The highest BCUT2D eigenvalue weighted by Gasteiger charge is 2.30. The lowest BCUT2D eigenvalue weighted by molar-refractivity contribution is -0.129. The van der Waals surface area contributed by atoms with Gasteiger partial charge < -0.3 is 19.9 Å². The smallest absolute Gasteiger partial charge is 0.450 e. The zero-order valence-corrected chi connectivity index (χ0v) is 18.0. The van der Waals surface area contributed by atoms with E-state index < -0.39 is 45.2 Å². The number of amides is 1. The predicted molar refractivity (Wildman–Crippen MR) is 105 cm³/mol. The maximum atomic E-state index is 14.6. The first-order chi connectivity index (χ1) is 13.5. The van der Waals surface area contributed by atoms with Crippen LogP contribution in [0.3, 0.4) is 0 Å². The van der Waals surface area contributed by atoms with Crippen molar-refractivity contribution < 1.29 is 37.0 Å². The third kappa shape index (κ3) is 8.73. The summed E-state index contributed by atoms with van der Waals surface area (Å²) in [6.45, 7) is 1.71. The van der Waals surface area contributed by atoms with Crippen LogP contribution in [-0.2, 0) is 24.1 Å². The number of hydrogen-bond donors (Lipinski definition) is 2. The molecule has 1 unspecified atom stereocenters. The van der Waals surface area contributed by atoms with Crippen LogP contribution in [0.25, 0.3) is 0 Å². The molecule has 0 saturated carbocycles. The van der Waals surface area contributed by atoms with Crippen LogP contribution in [0.4, 0.5) is 9.18 Å². The van der Waals surface area contributed by atoms with E-state index in [1.165, 1.54) is 24.3 Å². The van der Waals surface area contributed by atoms with Gasteiger partial charge in [0, 0.05) is 12.9 Å². The summed E-state index contributed by atoms with van der Waals surface area (Å²) >= 11 is 10.9. The van der Waals surface area contributed by atoms with Gasteiger partial charge in [0.2, 0.25) is 0 Å². The summed E-state index contributed by atoms with van der Waals surface area (Å²) in [5.41, 5.74) is 0.213. The molecule has 0 radical (unpaired) electrons. The van der Waals surface area contributed by atoms with Crippen molar-refractivity contribution >= 4 is 45.1 Å². The van der Waals surface area contributed by atoms with E-state index in [2.05, 4.69) is 5.32 Å². The lowest BCUT2D eigenvalue weighted by atomic mass is 10.0. The third-order valence-corrected chi connectivity index (χ3v) is 5.32. The maximum absolute atomic E-state index is 14.6. The fraction of sp³-hybridized carbons (Fsp3) is 0.529. The zero-order chi connectivity index (χ0) is 22.2. The molecule has 29 heavy (non-hydrogen) atoms. The molecule has 0 aliphatic heterocycles. The Kier molecular flexibility index (Phi) is 10.1. The van der Waals surface area contributed by atoms with Crippen LogP contribution in [0.1, 0.15) is 31.5 Å². The number of ether oxygens (including phenoxy) is 2. The van der Waals surface area contributed by atoms with Crippen LogP contribution in [0.2, 0.25) is 0 Å². The lowest BCUT2D eigenvalue weighted by Gasteiger charge is -2.27. The van der Waals surface area contributed by atoms with Crippen LogP contribution < -0.4 is 5.32 Å². The summed E-state index contributed by atoms with van der Waals surface area (Å²) in [6.07, 6.45) is -4.88. The number of carboxylic acid groups (broad SMARTS) is 1. The molecule has 0 fully saturated rings. The molecular formula is C17H22Cl2FNO7S. The molecule has 0 aliphatic rings. The van der Waals surface area contributed by atoms with Crippen molar-refractivity contribution in [2.45, 2.75) is 48.0 Å². The highest BCUT2D eigenvalue weighted by atomic mass is 35.5. The van der Waals surface area contributed by atoms with Crippen LogP contribution >= 0.6 is 23.2 Å². The number of alkyl halides is 3. The summed E-state index contributed by atoms with van der Waals surface area (Å²) in [7, 11) is -3.41. The Morgan fingerprint density at radius 1 is 1.21 bits per heavy atom. The largest absolute Gasteiger partial charge is 0.506 e. The van der Waals surface area contributed by atoms with Gasteiger partial charge in [-0.2, -0.15) is 0 Å². The number of halogens is 3. The van der Waals surface area contributed by atoms with Crippen molar-refractivity contribution in [1.29, 1.82) is 0 Å². The molecule has 164 valence electrons. The molecule has 1 aromatic carbocycles. The quantitative estimate of drug-likeness (QED) is 0.287. The molecule has 0 spiro atoms. The SMILES string of the molecule is CCO[C@H](NC(=O)C(Cl)Cl)[C@@H](CCC(F)c1ccc(S(C)(=O)=O)cc1)OC(=O)O. The number of hydrogen-bond acceptors (Lipinski definition) is 6. The van der Waals surface area contributed by atoms with Crippen LogP contribution in [0.5, 0.6) is 0 Å². The second-order valence-electron chi connectivity index (χ2n) is 5.99. The zero-order valence-electron chi connectivity index (χ0n) is 15.7. The summed E-state index contributed by atoms with van der Waals surface area (Å²) in [5, 5.41) is 11.2.